The van der Waals surface area contributed by atoms with Crippen LogP contribution >= 0.6 is 15.9 Å². The van der Waals surface area contributed by atoms with Crippen molar-refractivity contribution in [3.8, 4) is 0 Å². The zero-order valence-electron chi connectivity index (χ0n) is 9.16. The van der Waals surface area contributed by atoms with Crippen molar-refractivity contribution in [1.29, 1.82) is 0 Å². The summed E-state index contributed by atoms with van der Waals surface area (Å²) in [6.07, 6.45) is 6.05. The summed E-state index contributed by atoms with van der Waals surface area (Å²) in [5.74, 6) is 1.69. The number of carbonyl (C=O) groups is 1. The number of hydrogen-bond donors (Lipinski definition) is 0. The lowest BCUT2D eigenvalue weighted by atomic mass is 9.97. The van der Waals surface area contributed by atoms with E-state index in [4.69, 9.17) is 0 Å². The molecule has 2 saturated carbocycles. The van der Waals surface area contributed by atoms with Crippen LogP contribution < -0.4 is 0 Å². The summed E-state index contributed by atoms with van der Waals surface area (Å²) in [5.41, 5.74) is 0.614. The molecule has 0 radical (unpaired) electrons. The van der Waals surface area contributed by atoms with Crippen LogP contribution in [0.3, 0.4) is 0 Å². The topological polar surface area (TPSA) is 42.9 Å². The molecule has 1 heterocycles. The Morgan fingerprint density at radius 1 is 1.50 bits per heavy atom. The quantitative estimate of drug-likeness (QED) is 0.855. The zero-order valence-corrected chi connectivity index (χ0v) is 10.7. The van der Waals surface area contributed by atoms with Crippen LogP contribution in [0.5, 0.6) is 0 Å². The van der Waals surface area contributed by atoms with E-state index >= 15 is 0 Å². The van der Waals surface area contributed by atoms with Crippen LogP contribution in [0.4, 0.5) is 0 Å². The molecular weight excluding hydrogens is 268 g/mol. The van der Waals surface area contributed by atoms with Gasteiger partial charge in [-0.05, 0) is 48.5 Å². The van der Waals surface area contributed by atoms with Crippen LogP contribution in [0.1, 0.15) is 50.0 Å². The van der Waals surface area contributed by atoms with Gasteiger partial charge >= 0.3 is 0 Å². The van der Waals surface area contributed by atoms with Crippen LogP contribution in [-0.2, 0) is 10.2 Å². The van der Waals surface area contributed by atoms with Crippen LogP contribution in [0.25, 0.3) is 0 Å². The molecule has 0 aromatic carbocycles. The van der Waals surface area contributed by atoms with Gasteiger partial charge in [0.25, 0.3) is 0 Å². The van der Waals surface area contributed by atoms with Crippen LogP contribution in [-0.4, -0.2) is 15.8 Å². The van der Waals surface area contributed by atoms with Gasteiger partial charge in [-0.15, -0.1) is 0 Å². The Kier molecular flexibility index (Phi) is 2.18. The number of Topliss-reactive ketones (excluding diaryl/α,β-unsaturated/α-hetero) is 1. The summed E-state index contributed by atoms with van der Waals surface area (Å²) < 4.78 is 0.879. The molecule has 0 aliphatic heterocycles. The van der Waals surface area contributed by atoms with Gasteiger partial charge < -0.3 is 0 Å². The highest BCUT2D eigenvalue weighted by atomic mass is 79.9. The van der Waals surface area contributed by atoms with E-state index in [1.165, 1.54) is 12.8 Å². The van der Waals surface area contributed by atoms with Gasteiger partial charge in [-0.1, -0.05) is 0 Å². The summed E-state index contributed by atoms with van der Waals surface area (Å²) in [4.78, 5) is 20.6. The first-order valence-corrected chi connectivity index (χ1v) is 6.47. The van der Waals surface area contributed by atoms with Gasteiger partial charge in [-0.25, -0.2) is 9.97 Å². The summed E-state index contributed by atoms with van der Waals surface area (Å²) in [6, 6.07) is 0. The van der Waals surface area contributed by atoms with E-state index in [1.54, 1.807) is 13.1 Å². The molecular formula is C12H13BrN2O. The average Bonchev–Trinajstić information content (AvgIpc) is 3.13. The summed E-state index contributed by atoms with van der Waals surface area (Å²) in [5, 5.41) is 0. The van der Waals surface area contributed by atoms with E-state index in [1.807, 2.05) is 0 Å². The number of ketones is 1. The Morgan fingerprint density at radius 2 is 2.19 bits per heavy atom. The monoisotopic (exact) mass is 280 g/mol. The van der Waals surface area contributed by atoms with Crippen LogP contribution in [0, 0.1) is 0 Å². The van der Waals surface area contributed by atoms with Crippen LogP contribution in [0.2, 0.25) is 0 Å². The van der Waals surface area contributed by atoms with Gasteiger partial charge in [-0.3, -0.25) is 4.79 Å². The maximum Gasteiger partial charge on any atom is 0.141 e. The maximum absolute atomic E-state index is 11.7. The van der Waals surface area contributed by atoms with E-state index in [2.05, 4.69) is 25.9 Å². The SMILES string of the molecule is CC(=O)C1(c2nc(C3CC3)ncc2Br)CC1. The number of nitrogens with zero attached hydrogens (tertiary/aromatic N) is 2. The van der Waals surface area contributed by atoms with Crippen molar-refractivity contribution in [3.63, 3.8) is 0 Å². The third kappa shape index (κ3) is 1.51. The third-order valence-electron chi connectivity index (χ3n) is 3.58. The Bertz CT molecular complexity index is 464. The molecule has 0 spiro atoms. The molecule has 2 aliphatic carbocycles. The number of aromatic nitrogens is 2. The van der Waals surface area contributed by atoms with Gasteiger partial charge in [0.2, 0.25) is 0 Å². The molecule has 1 aromatic rings. The average molecular weight is 281 g/mol. The maximum atomic E-state index is 11.7. The summed E-state index contributed by atoms with van der Waals surface area (Å²) in [6.45, 7) is 1.67. The first-order chi connectivity index (χ1) is 7.63. The van der Waals surface area contributed by atoms with Gasteiger partial charge in [0.15, 0.2) is 0 Å². The van der Waals surface area contributed by atoms with E-state index in [0.29, 0.717) is 5.92 Å². The molecule has 0 atom stereocenters. The Labute approximate surface area is 103 Å². The molecule has 3 rings (SSSR count). The zero-order chi connectivity index (χ0) is 11.3. The van der Waals surface area contributed by atoms with Crippen molar-refractivity contribution in [3.05, 3.63) is 22.2 Å². The number of carbonyl (C=O) groups excluding carboxylic acids is 1. The molecule has 4 heteroatoms. The van der Waals surface area contributed by atoms with E-state index in [0.717, 1.165) is 28.8 Å². The van der Waals surface area contributed by atoms with Gasteiger partial charge in [0.05, 0.1) is 15.6 Å². The Hall–Kier alpha value is -0.770. The number of rotatable bonds is 3. The lowest BCUT2D eigenvalue weighted by molar-refractivity contribution is -0.119. The molecule has 0 unspecified atom stereocenters. The standard InChI is InChI=1S/C12H13BrN2O/c1-7(16)12(4-5-12)10-9(13)6-14-11(15-10)8-2-3-8/h6,8H,2-5H2,1H3. The minimum Gasteiger partial charge on any atom is -0.299 e. The fraction of sp³-hybridized carbons (Fsp3) is 0.583. The highest BCUT2D eigenvalue weighted by Crippen LogP contribution is 2.51. The second-order valence-electron chi connectivity index (χ2n) is 4.84. The second-order valence-corrected chi connectivity index (χ2v) is 5.69. The second kappa shape index (κ2) is 3.36. The van der Waals surface area contributed by atoms with Crippen molar-refractivity contribution in [1.82, 2.24) is 9.97 Å². The minimum atomic E-state index is -0.300. The number of halogens is 1. The lowest BCUT2D eigenvalue weighted by Crippen LogP contribution is -2.20. The predicted octanol–water partition coefficient (Wildman–Crippen LogP) is 2.74. The van der Waals surface area contributed by atoms with E-state index in [-0.39, 0.29) is 11.2 Å². The highest BCUT2D eigenvalue weighted by molar-refractivity contribution is 9.10. The van der Waals surface area contributed by atoms with Gasteiger partial charge in [0.1, 0.15) is 11.6 Å². The lowest BCUT2D eigenvalue weighted by Gasteiger charge is -2.13. The Morgan fingerprint density at radius 3 is 2.69 bits per heavy atom. The minimum absolute atomic E-state index is 0.230. The molecule has 0 saturated heterocycles. The van der Waals surface area contributed by atoms with Gasteiger partial charge in [0, 0.05) is 12.1 Å². The van der Waals surface area contributed by atoms with Crippen molar-refractivity contribution in [2.75, 3.05) is 0 Å². The molecule has 16 heavy (non-hydrogen) atoms. The third-order valence-corrected chi connectivity index (χ3v) is 4.16. The van der Waals surface area contributed by atoms with E-state index < -0.39 is 0 Å². The molecule has 1 aromatic heterocycles. The first kappa shape index (κ1) is 10.4. The highest BCUT2D eigenvalue weighted by Gasteiger charge is 2.51. The Balaban J connectivity index is 2.05. The first-order valence-electron chi connectivity index (χ1n) is 5.67. The van der Waals surface area contributed by atoms with Crippen LogP contribution in [0.15, 0.2) is 10.7 Å². The summed E-state index contributed by atoms with van der Waals surface area (Å²) in [7, 11) is 0. The fourth-order valence-electron chi connectivity index (χ4n) is 2.14. The molecule has 0 N–H and O–H groups in total. The fourth-order valence-corrected chi connectivity index (χ4v) is 2.71. The van der Waals surface area contributed by atoms with Gasteiger partial charge in [-0.2, -0.15) is 0 Å². The van der Waals surface area contributed by atoms with Crippen molar-refractivity contribution in [2.45, 2.75) is 43.9 Å². The largest absolute Gasteiger partial charge is 0.299 e. The molecule has 2 aliphatic rings. The van der Waals surface area contributed by atoms with Crippen molar-refractivity contribution < 1.29 is 4.79 Å². The number of hydrogen-bond acceptors (Lipinski definition) is 3. The van der Waals surface area contributed by atoms with Crippen molar-refractivity contribution >= 4 is 21.7 Å². The molecule has 0 amide bonds. The smallest absolute Gasteiger partial charge is 0.141 e. The van der Waals surface area contributed by atoms with Crippen molar-refractivity contribution in [2.24, 2.45) is 0 Å². The molecule has 84 valence electrons. The summed E-state index contributed by atoms with van der Waals surface area (Å²) >= 11 is 3.47. The van der Waals surface area contributed by atoms with E-state index in [9.17, 15) is 4.79 Å². The predicted molar refractivity (Wildman–Crippen MR) is 63.3 cm³/mol. The molecule has 2 fully saturated rings. The molecule has 0 bridgehead atoms. The normalized spacial score (nSPS) is 21.9. The molecule has 3 nitrogen and oxygen atoms in total.